The summed E-state index contributed by atoms with van der Waals surface area (Å²) < 4.78 is 26.0. The smallest absolute Gasteiger partial charge is 0.161 e. The van der Waals surface area contributed by atoms with Crippen LogP contribution >= 0.6 is 0 Å². The molecule has 4 aromatic rings. The van der Waals surface area contributed by atoms with E-state index in [9.17, 15) is 0 Å². The van der Waals surface area contributed by atoms with Crippen LogP contribution in [-0.2, 0) is 5.41 Å². The molecule has 4 heteroatoms. The van der Waals surface area contributed by atoms with Crippen molar-refractivity contribution in [1.82, 2.24) is 0 Å². The Morgan fingerprint density at radius 2 is 0.735 bits per heavy atom. The number of ether oxygens (including phenoxy) is 4. The van der Waals surface area contributed by atoms with E-state index in [1.54, 1.807) is 0 Å². The molecular weight excluding hydrogens is 604 g/mol. The first-order chi connectivity index (χ1) is 23.8. The average Bonchev–Trinajstić information content (AvgIpc) is 3.35. The van der Waals surface area contributed by atoms with Gasteiger partial charge in [0, 0.05) is 0 Å². The number of aryl methyl sites for hydroxylation is 4. The van der Waals surface area contributed by atoms with Gasteiger partial charge in [0.1, 0.15) is 0 Å². The van der Waals surface area contributed by atoms with Crippen molar-refractivity contribution in [2.75, 3.05) is 26.4 Å². The Morgan fingerprint density at radius 1 is 0.408 bits per heavy atom. The van der Waals surface area contributed by atoms with Gasteiger partial charge in [-0.3, -0.25) is 0 Å². The van der Waals surface area contributed by atoms with Crippen molar-refractivity contribution in [3.8, 4) is 34.1 Å². The molecule has 4 nitrogen and oxygen atoms in total. The Balaban J connectivity index is 1.86. The summed E-state index contributed by atoms with van der Waals surface area (Å²) in [6.45, 7) is 20.3. The zero-order chi connectivity index (χ0) is 35.0. The first-order valence-corrected chi connectivity index (χ1v) is 18.8. The molecule has 1 aliphatic carbocycles. The van der Waals surface area contributed by atoms with E-state index in [2.05, 4.69) is 116 Å². The summed E-state index contributed by atoms with van der Waals surface area (Å²) in [6.07, 6.45) is 8.29. The maximum atomic E-state index is 6.59. The number of rotatable bonds is 18. The number of hydrogen-bond acceptors (Lipinski definition) is 4. The fourth-order valence-corrected chi connectivity index (χ4v) is 7.17. The van der Waals surface area contributed by atoms with Gasteiger partial charge in [-0.25, -0.2) is 0 Å². The van der Waals surface area contributed by atoms with Gasteiger partial charge in [0.15, 0.2) is 23.0 Å². The molecule has 0 atom stereocenters. The minimum absolute atomic E-state index is 0.619. The minimum Gasteiger partial charge on any atom is -0.490 e. The molecule has 0 radical (unpaired) electrons. The highest BCUT2D eigenvalue weighted by molar-refractivity contribution is 5.88. The van der Waals surface area contributed by atoms with E-state index in [4.69, 9.17) is 18.9 Å². The van der Waals surface area contributed by atoms with E-state index in [0.717, 1.165) is 74.4 Å². The molecular formula is C45H58O4. The van der Waals surface area contributed by atoms with Crippen LogP contribution in [0.3, 0.4) is 0 Å². The molecule has 0 fully saturated rings. The highest BCUT2D eigenvalue weighted by atomic mass is 16.5. The Bertz CT molecular complexity index is 1590. The molecule has 0 aliphatic heterocycles. The lowest BCUT2D eigenvalue weighted by Crippen LogP contribution is -2.31. The van der Waals surface area contributed by atoms with Crippen molar-refractivity contribution < 1.29 is 18.9 Å². The van der Waals surface area contributed by atoms with Gasteiger partial charge in [-0.15, -0.1) is 0 Å². The molecule has 4 aromatic carbocycles. The summed E-state index contributed by atoms with van der Waals surface area (Å²) in [7, 11) is 0. The maximum absolute atomic E-state index is 6.59. The van der Waals surface area contributed by atoms with Crippen LogP contribution in [0, 0.1) is 27.7 Å². The zero-order valence-electron chi connectivity index (χ0n) is 31.4. The van der Waals surface area contributed by atoms with Crippen LogP contribution in [0.2, 0.25) is 0 Å². The SMILES string of the molecule is CCCCOc1cc(C)c(C2(c3cc(OCCCC)c(OCCCC)cc3C)c3cc(C)ccc3-c3ccc(C)cc32)cc1OCCCC. The topological polar surface area (TPSA) is 36.9 Å². The van der Waals surface area contributed by atoms with Crippen LogP contribution in [0.4, 0.5) is 0 Å². The Morgan fingerprint density at radius 3 is 1.06 bits per heavy atom. The molecule has 262 valence electrons. The van der Waals surface area contributed by atoms with E-state index in [1.165, 1.54) is 55.6 Å². The number of fused-ring (bicyclic) bond motifs is 3. The Kier molecular flexibility index (Phi) is 12.4. The average molecular weight is 663 g/mol. The third-order valence-corrected chi connectivity index (χ3v) is 9.86. The number of hydrogen-bond donors (Lipinski definition) is 0. The number of unbranched alkanes of at least 4 members (excludes halogenated alkanes) is 4. The van der Waals surface area contributed by atoms with E-state index in [0.29, 0.717) is 26.4 Å². The third kappa shape index (κ3) is 7.49. The monoisotopic (exact) mass is 662 g/mol. The second-order valence-corrected chi connectivity index (χ2v) is 13.9. The predicted octanol–water partition coefficient (Wildman–Crippen LogP) is 12.0. The van der Waals surface area contributed by atoms with Gasteiger partial charge in [-0.1, -0.05) is 101 Å². The molecule has 0 saturated heterocycles. The zero-order valence-corrected chi connectivity index (χ0v) is 31.4. The number of benzene rings is 4. The summed E-state index contributed by atoms with van der Waals surface area (Å²) in [5.74, 6) is 3.29. The first-order valence-electron chi connectivity index (χ1n) is 18.8. The molecule has 0 saturated carbocycles. The Labute approximate surface area is 296 Å². The summed E-state index contributed by atoms with van der Waals surface area (Å²) >= 11 is 0. The van der Waals surface area contributed by atoms with Crippen LogP contribution < -0.4 is 18.9 Å². The van der Waals surface area contributed by atoms with Gasteiger partial charge >= 0.3 is 0 Å². The lowest BCUT2D eigenvalue weighted by molar-refractivity contribution is 0.260. The van der Waals surface area contributed by atoms with E-state index >= 15 is 0 Å². The first kappa shape index (κ1) is 36.4. The molecule has 0 spiro atoms. The molecule has 0 bridgehead atoms. The molecule has 49 heavy (non-hydrogen) atoms. The normalized spacial score (nSPS) is 12.8. The van der Waals surface area contributed by atoms with Crippen molar-refractivity contribution in [1.29, 1.82) is 0 Å². The molecule has 0 N–H and O–H groups in total. The second-order valence-electron chi connectivity index (χ2n) is 13.9. The third-order valence-electron chi connectivity index (χ3n) is 9.86. The largest absolute Gasteiger partial charge is 0.490 e. The van der Waals surface area contributed by atoms with Gasteiger partial charge in [0.2, 0.25) is 0 Å². The van der Waals surface area contributed by atoms with Gasteiger partial charge in [-0.05, 0) is 122 Å². The molecule has 0 heterocycles. The Hall–Kier alpha value is -3.92. The second kappa shape index (κ2) is 16.7. The summed E-state index contributed by atoms with van der Waals surface area (Å²) in [4.78, 5) is 0. The van der Waals surface area contributed by atoms with Crippen molar-refractivity contribution in [3.63, 3.8) is 0 Å². The molecule has 5 rings (SSSR count). The van der Waals surface area contributed by atoms with Gasteiger partial charge in [-0.2, -0.15) is 0 Å². The van der Waals surface area contributed by atoms with E-state index < -0.39 is 5.41 Å². The van der Waals surface area contributed by atoms with Gasteiger partial charge < -0.3 is 18.9 Å². The van der Waals surface area contributed by atoms with E-state index in [-0.39, 0.29) is 0 Å². The van der Waals surface area contributed by atoms with Crippen LogP contribution in [0.5, 0.6) is 23.0 Å². The van der Waals surface area contributed by atoms with Crippen molar-refractivity contribution in [3.05, 3.63) is 105 Å². The van der Waals surface area contributed by atoms with Crippen LogP contribution in [-0.4, -0.2) is 26.4 Å². The van der Waals surface area contributed by atoms with Crippen molar-refractivity contribution >= 4 is 0 Å². The van der Waals surface area contributed by atoms with Crippen molar-refractivity contribution in [2.45, 2.75) is 112 Å². The standard InChI is InChI=1S/C45H58O4/c1-9-13-21-46-41-27-33(7)37(29-43(41)48-23-15-11-3)45(39-25-31(5)17-19-35(39)36-20-18-32(6)26-40(36)45)38-30-44(49-24-16-12-4)42(28-34(38)8)47-22-14-10-2/h17-20,25-30H,9-16,21-24H2,1-8H3. The fraction of sp³-hybridized carbons (Fsp3) is 0.467. The van der Waals surface area contributed by atoms with Gasteiger partial charge in [0.25, 0.3) is 0 Å². The molecule has 1 aliphatic rings. The van der Waals surface area contributed by atoms with Crippen LogP contribution in [0.15, 0.2) is 60.7 Å². The molecule has 0 amide bonds. The minimum atomic E-state index is -0.619. The molecule has 0 unspecified atom stereocenters. The van der Waals surface area contributed by atoms with Gasteiger partial charge in [0.05, 0.1) is 31.8 Å². The lowest BCUT2D eigenvalue weighted by atomic mass is 9.65. The van der Waals surface area contributed by atoms with Crippen LogP contribution in [0.25, 0.3) is 11.1 Å². The summed E-state index contributed by atoms with van der Waals surface area (Å²) in [5, 5.41) is 0. The molecule has 0 aromatic heterocycles. The highest BCUT2D eigenvalue weighted by Gasteiger charge is 2.48. The quantitative estimate of drug-likeness (QED) is 0.0875. The fourth-order valence-electron chi connectivity index (χ4n) is 7.17. The van der Waals surface area contributed by atoms with Crippen molar-refractivity contribution in [2.24, 2.45) is 0 Å². The summed E-state index contributed by atoms with van der Waals surface area (Å²) in [6, 6.07) is 22.9. The van der Waals surface area contributed by atoms with Crippen LogP contribution in [0.1, 0.15) is 124 Å². The summed E-state index contributed by atoms with van der Waals surface area (Å²) in [5.41, 5.74) is 11.7. The lowest BCUT2D eigenvalue weighted by Gasteiger charge is -2.37. The predicted molar refractivity (Wildman–Crippen MR) is 204 cm³/mol. The van der Waals surface area contributed by atoms with E-state index in [1.807, 2.05) is 0 Å². The highest BCUT2D eigenvalue weighted by Crippen LogP contribution is 2.59. The maximum Gasteiger partial charge on any atom is 0.161 e.